The number of halogens is 1. The van der Waals surface area contributed by atoms with Gasteiger partial charge in [0.15, 0.2) is 0 Å². The lowest BCUT2D eigenvalue weighted by atomic mass is 10.2. The first-order chi connectivity index (χ1) is 9.95. The third-order valence-corrected chi connectivity index (χ3v) is 4.40. The number of rotatable bonds is 1. The fraction of sp³-hybridized carbons (Fsp3) is 0.0714. The monoisotopic (exact) mass is 305 g/mol. The van der Waals surface area contributed by atoms with Crippen LogP contribution in [0.25, 0.3) is 0 Å². The molecule has 1 aliphatic heterocycles. The number of benzene rings is 2. The number of fused-ring (bicyclic) bond motifs is 1. The van der Waals surface area contributed by atoms with Gasteiger partial charge in [-0.1, -0.05) is 18.2 Å². The molecule has 0 spiro atoms. The highest BCUT2D eigenvalue weighted by Gasteiger charge is 2.24. The largest absolute Gasteiger partial charge is 0.325 e. The van der Waals surface area contributed by atoms with Crippen molar-refractivity contribution < 1.29 is 12.8 Å². The van der Waals surface area contributed by atoms with Crippen LogP contribution in [0, 0.1) is 12.7 Å². The number of hydrogen-bond acceptors (Lipinski definition) is 4. The van der Waals surface area contributed by atoms with Crippen molar-refractivity contribution in [3.8, 4) is 0 Å². The Bertz CT molecular complexity index is 847. The van der Waals surface area contributed by atoms with Crippen molar-refractivity contribution in [3.63, 3.8) is 0 Å². The summed E-state index contributed by atoms with van der Waals surface area (Å²) in [7, 11) is -3.76. The summed E-state index contributed by atoms with van der Waals surface area (Å²) < 4.78 is 41.3. The summed E-state index contributed by atoms with van der Waals surface area (Å²) in [6, 6.07) is 11.0. The van der Waals surface area contributed by atoms with E-state index in [2.05, 4.69) is 15.0 Å². The lowest BCUT2D eigenvalue weighted by Crippen LogP contribution is -2.28. The van der Waals surface area contributed by atoms with Gasteiger partial charge in [-0.3, -0.25) is 0 Å². The van der Waals surface area contributed by atoms with Crippen molar-refractivity contribution in [3.05, 3.63) is 53.8 Å². The predicted octanol–water partition coefficient (Wildman–Crippen LogP) is 2.72. The Morgan fingerprint density at radius 2 is 1.95 bits per heavy atom. The van der Waals surface area contributed by atoms with E-state index in [9.17, 15) is 12.8 Å². The zero-order valence-corrected chi connectivity index (χ0v) is 11.9. The Morgan fingerprint density at radius 1 is 1.19 bits per heavy atom. The SMILES string of the molecule is Cc1ccc(NC2=NS(=O)(=O)c3ccccc3N2)cc1F. The molecule has 0 saturated heterocycles. The minimum absolute atomic E-state index is 0.0388. The maximum Gasteiger partial charge on any atom is 0.287 e. The van der Waals surface area contributed by atoms with Crippen LogP contribution in [0.4, 0.5) is 15.8 Å². The quantitative estimate of drug-likeness (QED) is 0.850. The first-order valence-electron chi connectivity index (χ1n) is 6.20. The average Bonchev–Trinajstić information content (AvgIpc) is 2.42. The van der Waals surface area contributed by atoms with E-state index >= 15 is 0 Å². The Hall–Kier alpha value is -2.41. The molecule has 5 nitrogen and oxygen atoms in total. The third-order valence-electron chi connectivity index (χ3n) is 3.06. The van der Waals surface area contributed by atoms with Crippen LogP contribution in [0.1, 0.15) is 5.56 Å². The fourth-order valence-corrected chi connectivity index (χ4v) is 3.05. The van der Waals surface area contributed by atoms with Crippen LogP contribution in [-0.4, -0.2) is 14.4 Å². The number of hydrogen-bond donors (Lipinski definition) is 2. The Labute approximate surface area is 121 Å². The van der Waals surface area contributed by atoms with Gasteiger partial charge in [0.25, 0.3) is 10.0 Å². The fourth-order valence-electron chi connectivity index (χ4n) is 1.98. The highest BCUT2D eigenvalue weighted by molar-refractivity contribution is 7.90. The molecule has 0 saturated carbocycles. The Kier molecular flexibility index (Phi) is 3.13. The summed E-state index contributed by atoms with van der Waals surface area (Å²) in [4.78, 5) is 0.116. The first kappa shape index (κ1) is 13.6. The summed E-state index contributed by atoms with van der Waals surface area (Å²) in [5.41, 5.74) is 1.36. The second-order valence-corrected chi connectivity index (χ2v) is 6.20. The molecular formula is C14H12FN3O2S. The highest BCUT2D eigenvalue weighted by atomic mass is 32.2. The van der Waals surface area contributed by atoms with E-state index in [0.29, 0.717) is 16.9 Å². The van der Waals surface area contributed by atoms with E-state index in [-0.39, 0.29) is 16.7 Å². The van der Waals surface area contributed by atoms with Gasteiger partial charge in [-0.2, -0.15) is 8.42 Å². The molecule has 1 aliphatic rings. The van der Waals surface area contributed by atoms with Crippen LogP contribution in [0.15, 0.2) is 51.8 Å². The van der Waals surface area contributed by atoms with Gasteiger partial charge < -0.3 is 10.6 Å². The van der Waals surface area contributed by atoms with Crippen molar-refractivity contribution in [1.82, 2.24) is 0 Å². The standard InChI is InChI=1S/C14H12FN3O2S/c1-9-6-7-10(8-11(9)15)16-14-17-12-4-2-3-5-13(12)21(19,20)18-14/h2-8H,1H3,(H2,16,17,18). The smallest absolute Gasteiger partial charge is 0.287 e. The molecule has 3 rings (SSSR count). The first-order valence-corrected chi connectivity index (χ1v) is 7.64. The molecular weight excluding hydrogens is 293 g/mol. The zero-order valence-electron chi connectivity index (χ0n) is 11.1. The van der Waals surface area contributed by atoms with E-state index in [1.807, 2.05) is 0 Å². The average molecular weight is 305 g/mol. The maximum absolute atomic E-state index is 13.5. The molecule has 2 aromatic carbocycles. The van der Waals surface area contributed by atoms with E-state index in [1.165, 1.54) is 12.1 Å². The van der Waals surface area contributed by atoms with Crippen molar-refractivity contribution in [2.75, 3.05) is 10.6 Å². The summed E-state index contributed by atoms with van der Waals surface area (Å²) >= 11 is 0. The normalized spacial score (nSPS) is 15.6. The van der Waals surface area contributed by atoms with Gasteiger partial charge in [-0.05, 0) is 36.8 Å². The maximum atomic E-state index is 13.5. The summed E-state index contributed by atoms with van der Waals surface area (Å²) in [5, 5.41) is 5.64. The topological polar surface area (TPSA) is 70.6 Å². The Balaban J connectivity index is 1.95. The number of nitrogens with zero attached hydrogens (tertiary/aromatic N) is 1. The van der Waals surface area contributed by atoms with E-state index in [4.69, 9.17) is 0 Å². The van der Waals surface area contributed by atoms with Crippen LogP contribution in [0.5, 0.6) is 0 Å². The molecule has 0 atom stereocenters. The molecule has 1 heterocycles. The molecule has 108 valence electrons. The molecule has 0 fully saturated rings. The molecule has 0 bridgehead atoms. The molecule has 2 aromatic rings. The third kappa shape index (κ3) is 2.59. The molecule has 0 amide bonds. The molecule has 7 heteroatoms. The van der Waals surface area contributed by atoms with E-state index in [1.54, 1.807) is 37.3 Å². The number of aryl methyl sites for hydroxylation is 1. The van der Waals surface area contributed by atoms with Gasteiger partial charge in [0.05, 0.1) is 5.69 Å². The summed E-state index contributed by atoms with van der Waals surface area (Å²) in [6.45, 7) is 1.65. The number of nitrogens with one attached hydrogen (secondary N) is 2. The van der Waals surface area contributed by atoms with Gasteiger partial charge >= 0.3 is 0 Å². The number of sulfonamides is 1. The van der Waals surface area contributed by atoms with Crippen molar-refractivity contribution in [2.24, 2.45) is 4.40 Å². The summed E-state index contributed by atoms with van der Waals surface area (Å²) in [5.74, 6) is -0.336. The van der Waals surface area contributed by atoms with E-state index in [0.717, 1.165) is 0 Å². The van der Waals surface area contributed by atoms with Crippen LogP contribution < -0.4 is 10.6 Å². The lowest BCUT2D eigenvalue weighted by Gasteiger charge is -2.19. The van der Waals surface area contributed by atoms with Gasteiger partial charge in [0.2, 0.25) is 5.96 Å². The predicted molar refractivity (Wildman–Crippen MR) is 79.4 cm³/mol. The van der Waals surface area contributed by atoms with Crippen molar-refractivity contribution in [1.29, 1.82) is 0 Å². The molecule has 21 heavy (non-hydrogen) atoms. The van der Waals surface area contributed by atoms with Crippen LogP contribution in [-0.2, 0) is 10.0 Å². The molecule has 0 aliphatic carbocycles. The molecule has 2 N–H and O–H groups in total. The number of guanidine groups is 1. The van der Waals surface area contributed by atoms with E-state index < -0.39 is 10.0 Å². The minimum atomic E-state index is -3.76. The molecule has 0 radical (unpaired) electrons. The van der Waals surface area contributed by atoms with Gasteiger partial charge in [0.1, 0.15) is 10.7 Å². The van der Waals surface area contributed by atoms with Crippen molar-refractivity contribution in [2.45, 2.75) is 11.8 Å². The zero-order chi connectivity index (χ0) is 15.0. The van der Waals surface area contributed by atoms with Crippen LogP contribution in [0.2, 0.25) is 0 Å². The van der Waals surface area contributed by atoms with Gasteiger partial charge in [0, 0.05) is 5.69 Å². The van der Waals surface area contributed by atoms with Gasteiger partial charge in [-0.25, -0.2) is 4.39 Å². The summed E-state index contributed by atoms with van der Waals surface area (Å²) in [6.07, 6.45) is 0. The second kappa shape index (κ2) is 4.85. The number of anilines is 2. The van der Waals surface area contributed by atoms with Crippen molar-refractivity contribution >= 4 is 27.4 Å². The lowest BCUT2D eigenvalue weighted by molar-refractivity contribution is 0.598. The number of para-hydroxylation sites is 1. The molecule has 0 aromatic heterocycles. The minimum Gasteiger partial charge on any atom is -0.325 e. The van der Waals surface area contributed by atoms with Crippen LogP contribution >= 0.6 is 0 Å². The van der Waals surface area contributed by atoms with Crippen LogP contribution in [0.3, 0.4) is 0 Å². The highest BCUT2D eigenvalue weighted by Crippen LogP contribution is 2.27. The van der Waals surface area contributed by atoms with Gasteiger partial charge in [-0.15, -0.1) is 4.40 Å². The second-order valence-electron chi connectivity index (χ2n) is 4.63. The Morgan fingerprint density at radius 3 is 2.71 bits per heavy atom. The molecule has 0 unspecified atom stereocenters.